The fourth-order valence-electron chi connectivity index (χ4n) is 1.22. The van der Waals surface area contributed by atoms with Crippen LogP contribution in [0.1, 0.15) is 33.2 Å². The minimum absolute atomic E-state index is 0.0386. The number of nitriles is 1. The largest absolute Gasteiger partial charge is 0.462 e. The number of halogens is 1. The van der Waals surface area contributed by atoms with E-state index in [1.807, 2.05) is 6.07 Å². The Balaban J connectivity index is 3.37. The van der Waals surface area contributed by atoms with Crippen LogP contribution in [0.4, 0.5) is 0 Å². The minimum atomic E-state index is -0.608. The zero-order valence-electron chi connectivity index (χ0n) is 8.49. The van der Waals surface area contributed by atoms with Gasteiger partial charge in [-0.3, -0.25) is 4.79 Å². The van der Waals surface area contributed by atoms with E-state index in [2.05, 4.69) is 15.9 Å². The van der Waals surface area contributed by atoms with Gasteiger partial charge in [0.15, 0.2) is 6.29 Å². The van der Waals surface area contributed by atoms with Gasteiger partial charge < -0.3 is 4.74 Å². The molecule has 4 nitrogen and oxygen atoms in total. The van der Waals surface area contributed by atoms with Crippen LogP contribution >= 0.6 is 15.9 Å². The summed E-state index contributed by atoms with van der Waals surface area (Å²) in [5.41, 5.74) is 0.303. The Morgan fingerprint density at radius 2 is 2.31 bits per heavy atom. The molecule has 0 bridgehead atoms. The Morgan fingerprint density at radius 1 is 1.62 bits per heavy atom. The average molecular weight is 282 g/mol. The van der Waals surface area contributed by atoms with Crippen molar-refractivity contribution in [3.8, 4) is 6.07 Å². The molecule has 0 amide bonds. The van der Waals surface area contributed by atoms with E-state index < -0.39 is 5.97 Å². The lowest BCUT2D eigenvalue weighted by Crippen LogP contribution is -2.08. The van der Waals surface area contributed by atoms with Crippen molar-refractivity contribution in [3.63, 3.8) is 0 Å². The number of ether oxygens (including phenoxy) is 1. The molecule has 82 valence electrons. The SMILES string of the molecule is CCOC(=O)c1cc(Br)cc(C=O)c1C#N. The van der Waals surface area contributed by atoms with E-state index in [4.69, 9.17) is 10.00 Å². The lowest BCUT2D eigenvalue weighted by molar-refractivity contribution is 0.0526. The van der Waals surface area contributed by atoms with Crippen LogP contribution in [0.25, 0.3) is 0 Å². The van der Waals surface area contributed by atoms with Crippen molar-refractivity contribution in [1.82, 2.24) is 0 Å². The number of carbonyl (C=O) groups is 2. The molecule has 16 heavy (non-hydrogen) atoms. The maximum atomic E-state index is 11.5. The Bertz CT molecular complexity index is 477. The summed E-state index contributed by atoms with van der Waals surface area (Å²) < 4.78 is 5.35. The monoisotopic (exact) mass is 281 g/mol. The van der Waals surface area contributed by atoms with Crippen molar-refractivity contribution in [2.24, 2.45) is 0 Å². The quantitative estimate of drug-likeness (QED) is 0.630. The third kappa shape index (κ3) is 2.47. The van der Waals surface area contributed by atoms with E-state index in [1.165, 1.54) is 12.1 Å². The van der Waals surface area contributed by atoms with Crippen LogP contribution in [0.3, 0.4) is 0 Å². The fourth-order valence-corrected chi connectivity index (χ4v) is 1.69. The van der Waals surface area contributed by atoms with Crippen LogP contribution in [0.2, 0.25) is 0 Å². The standard InChI is InChI=1S/C11H8BrNO3/c1-2-16-11(15)9-4-8(12)3-7(6-14)10(9)5-13/h3-4,6H,2H2,1H3. The highest BCUT2D eigenvalue weighted by Gasteiger charge is 2.16. The van der Waals surface area contributed by atoms with Crippen molar-refractivity contribution in [2.75, 3.05) is 6.61 Å². The second kappa shape index (κ2) is 5.42. The summed E-state index contributed by atoms with van der Waals surface area (Å²) in [6.45, 7) is 1.88. The first kappa shape index (κ1) is 12.4. The molecule has 1 aromatic rings. The molecule has 0 fully saturated rings. The van der Waals surface area contributed by atoms with E-state index in [9.17, 15) is 9.59 Å². The zero-order chi connectivity index (χ0) is 12.1. The molecule has 0 aliphatic heterocycles. The topological polar surface area (TPSA) is 67.2 Å². The lowest BCUT2D eigenvalue weighted by Gasteiger charge is -2.06. The number of esters is 1. The molecule has 1 rings (SSSR count). The van der Waals surface area contributed by atoms with Crippen LogP contribution in [0.5, 0.6) is 0 Å². The number of nitrogens with zero attached hydrogens (tertiary/aromatic N) is 1. The highest BCUT2D eigenvalue weighted by atomic mass is 79.9. The van der Waals surface area contributed by atoms with Crippen LogP contribution in [0, 0.1) is 11.3 Å². The maximum Gasteiger partial charge on any atom is 0.339 e. The highest BCUT2D eigenvalue weighted by molar-refractivity contribution is 9.10. The van der Waals surface area contributed by atoms with Crippen LogP contribution in [-0.4, -0.2) is 18.9 Å². The molecule has 0 aliphatic carbocycles. The molecule has 0 aliphatic rings. The molecule has 0 spiro atoms. The normalized spacial score (nSPS) is 9.31. The Kier molecular flexibility index (Phi) is 4.20. The fraction of sp³-hybridized carbons (Fsp3) is 0.182. The van der Waals surface area contributed by atoms with Crippen LogP contribution in [-0.2, 0) is 4.74 Å². The van der Waals surface area contributed by atoms with E-state index in [0.29, 0.717) is 10.8 Å². The third-order valence-corrected chi connectivity index (χ3v) is 2.33. The van der Waals surface area contributed by atoms with E-state index in [0.717, 1.165) is 0 Å². The second-order valence-corrected chi connectivity index (χ2v) is 3.78. The van der Waals surface area contributed by atoms with E-state index in [1.54, 1.807) is 6.92 Å². The molecule has 0 saturated heterocycles. The molecular weight excluding hydrogens is 274 g/mol. The van der Waals surface area contributed by atoms with Gasteiger partial charge in [0, 0.05) is 10.0 Å². The molecule has 0 N–H and O–H groups in total. The molecule has 5 heteroatoms. The second-order valence-electron chi connectivity index (χ2n) is 2.87. The predicted octanol–water partition coefficient (Wildman–Crippen LogP) is 2.31. The molecule has 0 radical (unpaired) electrons. The number of rotatable bonds is 3. The van der Waals surface area contributed by atoms with Gasteiger partial charge in [0.05, 0.1) is 17.7 Å². The summed E-state index contributed by atoms with van der Waals surface area (Å²) >= 11 is 3.16. The lowest BCUT2D eigenvalue weighted by atomic mass is 10.0. The maximum absolute atomic E-state index is 11.5. The van der Waals surface area contributed by atoms with Gasteiger partial charge in [0.1, 0.15) is 6.07 Å². The van der Waals surface area contributed by atoms with Gasteiger partial charge in [-0.25, -0.2) is 4.79 Å². The van der Waals surface area contributed by atoms with Crippen molar-refractivity contribution >= 4 is 28.2 Å². The molecule has 0 saturated carbocycles. The van der Waals surface area contributed by atoms with Crippen molar-refractivity contribution < 1.29 is 14.3 Å². The summed E-state index contributed by atoms with van der Waals surface area (Å²) in [5.74, 6) is -0.608. The summed E-state index contributed by atoms with van der Waals surface area (Å²) in [4.78, 5) is 22.3. The average Bonchev–Trinajstić information content (AvgIpc) is 2.28. The first-order chi connectivity index (χ1) is 7.63. The summed E-state index contributed by atoms with van der Waals surface area (Å²) in [6.07, 6.45) is 0.534. The molecule has 0 aromatic heterocycles. The number of carbonyl (C=O) groups excluding carboxylic acids is 2. The Morgan fingerprint density at radius 3 is 2.81 bits per heavy atom. The molecule has 0 unspecified atom stereocenters. The van der Waals surface area contributed by atoms with Gasteiger partial charge in [0.2, 0.25) is 0 Å². The molecular formula is C11H8BrNO3. The van der Waals surface area contributed by atoms with Gasteiger partial charge in [-0.05, 0) is 19.1 Å². The van der Waals surface area contributed by atoms with Crippen LogP contribution < -0.4 is 0 Å². The molecule has 1 aromatic carbocycles. The summed E-state index contributed by atoms with van der Waals surface area (Å²) in [5, 5.41) is 8.91. The number of hydrogen-bond donors (Lipinski definition) is 0. The molecule has 0 atom stereocenters. The zero-order valence-corrected chi connectivity index (χ0v) is 10.1. The number of benzene rings is 1. The summed E-state index contributed by atoms with van der Waals surface area (Å²) in [6, 6.07) is 4.77. The molecule has 0 heterocycles. The van der Waals surface area contributed by atoms with E-state index in [-0.39, 0.29) is 23.3 Å². The first-order valence-corrected chi connectivity index (χ1v) is 5.29. The summed E-state index contributed by atoms with van der Waals surface area (Å²) in [7, 11) is 0. The van der Waals surface area contributed by atoms with Crippen molar-refractivity contribution in [1.29, 1.82) is 5.26 Å². The third-order valence-electron chi connectivity index (χ3n) is 1.87. The van der Waals surface area contributed by atoms with Gasteiger partial charge >= 0.3 is 5.97 Å². The minimum Gasteiger partial charge on any atom is -0.462 e. The van der Waals surface area contributed by atoms with Gasteiger partial charge in [-0.1, -0.05) is 15.9 Å². The smallest absolute Gasteiger partial charge is 0.339 e. The number of aldehydes is 1. The number of hydrogen-bond acceptors (Lipinski definition) is 4. The van der Waals surface area contributed by atoms with Crippen molar-refractivity contribution in [3.05, 3.63) is 33.3 Å². The predicted molar refractivity (Wildman–Crippen MR) is 60.2 cm³/mol. The van der Waals surface area contributed by atoms with Gasteiger partial charge in [0.25, 0.3) is 0 Å². The first-order valence-electron chi connectivity index (χ1n) is 4.50. The van der Waals surface area contributed by atoms with Crippen molar-refractivity contribution in [2.45, 2.75) is 6.92 Å². The van der Waals surface area contributed by atoms with Gasteiger partial charge in [-0.2, -0.15) is 5.26 Å². The highest BCUT2D eigenvalue weighted by Crippen LogP contribution is 2.20. The van der Waals surface area contributed by atoms with Crippen LogP contribution in [0.15, 0.2) is 16.6 Å². The Labute approximate surface area is 101 Å². The Hall–Kier alpha value is -1.67. The van der Waals surface area contributed by atoms with E-state index >= 15 is 0 Å². The van der Waals surface area contributed by atoms with Gasteiger partial charge in [-0.15, -0.1) is 0 Å².